The van der Waals surface area contributed by atoms with E-state index < -0.39 is 10.1 Å². The van der Waals surface area contributed by atoms with Gasteiger partial charge in [0.05, 0.1) is 12.0 Å². The SMILES string of the molecule is Cc1ccc(S(=O)(=O)O[13CH3])cc1. The zero-order valence-electron chi connectivity index (χ0n) is 6.94. The van der Waals surface area contributed by atoms with Crippen LogP contribution < -0.4 is 0 Å². The van der Waals surface area contributed by atoms with Gasteiger partial charge in [0.15, 0.2) is 0 Å². The molecule has 0 spiro atoms. The molecule has 0 aromatic heterocycles. The van der Waals surface area contributed by atoms with E-state index in [4.69, 9.17) is 0 Å². The second kappa shape index (κ2) is 3.25. The van der Waals surface area contributed by atoms with Crippen LogP contribution >= 0.6 is 0 Å². The van der Waals surface area contributed by atoms with Crippen LogP contribution in [-0.4, -0.2) is 15.5 Å². The van der Waals surface area contributed by atoms with E-state index in [2.05, 4.69) is 4.18 Å². The average Bonchev–Trinajstić information content (AvgIpc) is 2.05. The van der Waals surface area contributed by atoms with Gasteiger partial charge in [0.2, 0.25) is 0 Å². The molecule has 66 valence electrons. The van der Waals surface area contributed by atoms with E-state index in [-0.39, 0.29) is 4.90 Å². The van der Waals surface area contributed by atoms with E-state index in [1.54, 1.807) is 12.1 Å². The van der Waals surface area contributed by atoms with Gasteiger partial charge in [0.25, 0.3) is 10.1 Å². The lowest BCUT2D eigenvalue weighted by Gasteiger charge is -2.00. The molecule has 3 nitrogen and oxygen atoms in total. The number of hydrogen-bond donors (Lipinski definition) is 0. The first kappa shape index (κ1) is 9.22. The third-order valence-corrected chi connectivity index (χ3v) is 2.82. The highest BCUT2D eigenvalue weighted by Crippen LogP contribution is 2.11. The highest BCUT2D eigenvalue weighted by molar-refractivity contribution is 7.86. The summed E-state index contributed by atoms with van der Waals surface area (Å²) in [5.74, 6) is 0. The van der Waals surface area contributed by atoms with Gasteiger partial charge in [0, 0.05) is 0 Å². The lowest BCUT2D eigenvalue weighted by Crippen LogP contribution is -2.02. The molecular formula is C8H10O3S. The fourth-order valence-corrected chi connectivity index (χ4v) is 1.46. The fourth-order valence-electron chi connectivity index (χ4n) is 0.801. The van der Waals surface area contributed by atoms with Gasteiger partial charge in [-0.05, 0) is 19.1 Å². The van der Waals surface area contributed by atoms with Gasteiger partial charge in [-0.15, -0.1) is 0 Å². The van der Waals surface area contributed by atoms with Crippen LogP contribution in [0.2, 0.25) is 0 Å². The van der Waals surface area contributed by atoms with Gasteiger partial charge in [-0.2, -0.15) is 8.42 Å². The number of benzene rings is 1. The van der Waals surface area contributed by atoms with Crippen molar-refractivity contribution in [3.63, 3.8) is 0 Å². The normalized spacial score (nSPS) is 11.5. The van der Waals surface area contributed by atoms with Gasteiger partial charge in [-0.1, -0.05) is 17.7 Å². The number of hydrogen-bond acceptors (Lipinski definition) is 3. The molecule has 0 amide bonds. The molecule has 0 saturated carbocycles. The quantitative estimate of drug-likeness (QED) is 0.518. The second-order valence-corrected chi connectivity index (χ2v) is 4.15. The van der Waals surface area contributed by atoms with Crippen LogP contribution in [0.3, 0.4) is 0 Å². The van der Waals surface area contributed by atoms with Crippen molar-refractivity contribution >= 4 is 10.1 Å². The molecule has 0 fully saturated rings. The lowest BCUT2D eigenvalue weighted by atomic mass is 10.2. The average molecular weight is 187 g/mol. The molecule has 0 aliphatic carbocycles. The Morgan fingerprint density at radius 1 is 1.17 bits per heavy atom. The Morgan fingerprint density at radius 2 is 1.67 bits per heavy atom. The first-order valence-corrected chi connectivity index (χ1v) is 4.84. The molecule has 0 unspecified atom stereocenters. The van der Waals surface area contributed by atoms with Crippen LogP contribution in [-0.2, 0) is 14.3 Å². The van der Waals surface area contributed by atoms with E-state index in [1.165, 1.54) is 12.1 Å². The Morgan fingerprint density at radius 3 is 2.08 bits per heavy atom. The Bertz CT molecular complexity index is 350. The maximum absolute atomic E-state index is 11.1. The molecule has 0 saturated heterocycles. The molecular weight excluding hydrogens is 177 g/mol. The Kier molecular flexibility index (Phi) is 2.49. The molecule has 0 N–H and O–H groups in total. The highest BCUT2D eigenvalue weighted by Gasteiger charge is 2.10. The summed E-state index contributed by atoms with van der Waals surface area (Å²) >= 11 is 0. The lowest BCUT2D eigenvalue weighted by molar-refractivity contribution is 0.398. The van der Waals surface area contributed by atoms with Crippen molar-refractivity contribution in [1.29, 1.82) is 0 Å². The summed E-state index contributed by atoms with van der Waals surface area (Å²) in [6.07, 6.45) is 0. The summed E-state index contributed by atoms with van der Waals surface area (Å²) in [7, 11) is -2.37. The van der Waals surface area contributed by atoms with Crippen LogP contribution in [0.5, 0.6) is 0 Å². The molecule has 0 bridgehead atoms. The summed E-state index contributed by atoms with van der Waals surface area (Å²) in [5, 5.41) is 0. The zero-order chi connectivity index (χ0) is 9.19. The van der Waals surface area contributed by atoms with Crippen molar-refractivity contribution in [2.75, 3.05) is 7.11 Å². The predicted octanol–water partition coefficient (Wildman–Crippen LogP) is 1.33. The van der Waals surface area contributed by atoms with E-state index in [9.17, 15) is 8.42 Å². The van der Waals surface area contributed by atoms with Gasteiger partial charge in [-0.25, -0.2) is 0 Å². The molecule has 0 radical (unpaired) electrons. The van der Waals surface area contributed by atoms with Crippen LogP contribution in [0.1, 0.15) is 5.56 Å². The van der Waals surface area contributed by atoms with Crippen molar-refractivity contribution in [3.05, 3.63) is 29.8 Å². The minimum atomic E-state index is -3.51. The summed E-state index contributed by atoms with van der Waals surface area (Å²) in [5.41, 5.74) is 1.02. The van der Waals surface area contributed by atoms with Crippen LogP contribution in [0, 0.1) is 6.92 Å². The molecule has 1 aromatic carbocycles. The number of rotatable bonds is 2. The largest absolute Gasteiger partial charge is 0.296 e. The summed E-state index contributed by atoms with van der Waals surface area (Å²) in [6, 6.07) is 6.50. The summed E-state index contributed by atoms with van der Waals surface area (Å²) < 4.78 is 26.5. The summed E-state index contributed by atoms with van der Waals surface area (Å²) in [6.45, 7) is 1.89. The minimum Gasteiger partial charge on any atom is -0.270 e. The molecule has 0 aliphatic heterocycles. The van der Waals surface area contributed by atoms with Crippen molar-refractivity contribution < 1.29 is 12.6 Å². The molecule has 0 aliphatic rings. The van der Waals surface area contributed by atoms with Gasteiger partial charge in [-0.3, -0.25) is 4.18 Å². The van der Waals surface area contributed by atoms with E-state index in [0.717, 1.165) is 12.7 Å². The molecule has 1 rings (SSSR count). The fraction of sp³-hybridized carbons (Fsp3) is 0.250. The first-order valence-electron chi connectivity index (χ1n) is 3.43. The van der Waals surface area contributed by atoms with Gasteiger partial charge < -0.3 is 0 Å². The Balaban J connectivity index is 3.14. The van der Waals surface area contributed by atoms with Crippen molar-refractivity contribution in [1.82, 2.24) is 0 Å². The summed E-state index contributed by atoms with van der Waals surface area (Å²) in [4.78, 5) is 0.190. The van der Waals surface area contributed by atoms with Crippen LogP contribution in [0.15, 0.2) is 29.2 Å². The maximum atomic E-state index is 11.1. The molecule has 4 heteroatoms. The molecule has 12 heavy (non-hydrogen) atoms. The smallest absolute Gasteiger partial charge is 0.270 e. The molecule has 1 aromatic rings. The monoisotopic (exact) mass is 187 g/mol. The van der Waals surface area contributed by atoms with Gasteiger partial charge >= 0.3 is 0 Å². The van der Waals surface area contributed by atoms with E-state index in [1.807, 2.05) is 6.92 Å². The topological polar surface area (TPSA) is 43.4 Å². The third kappa shape index (κ3) is 1.84. The predicted molar refractivity (Wildman–Crippen MR) is 45.4 cm³/mol. The first-order chi connectivity index (χ1) is 5.56. The van der Waals surface area contributed by atoms with Crippen LogP contribution in [0.4, 0.5) is 0 Å². The zero-order valence-corrected chi connectivity index (χ0v) is 7.76. The number of aryl methyl sites for hydroxylation is 1. The highest BCUT2D eigenvalue weighted by atomic mass is 32.2. The van der Waals surface area contributed by atoms with E-state index in [0.29, 0.717) is 0 Å². The Hall–Kier alpha value is -0.870. The van der Waals surface area contributed by atoms with Crippen molar-refractivity contribution in [3.8, 4) is 0 Å². The van der Waals surface area contributed by atoms with Gasteiger partial charge in [0.1, 0.15) is 0 Å². The molecule has 0 heterocycles. The minimum absolute atomic E-state index is 0.190. The van der Waals surface area contributed by atoms with Crippen molar-refractivity contribution in [2.45, 2.75) is 11.8 Å². The maximum Gasteiger partial charge on any atom is 0.296 e. The van der Waals surface area contributed by atoms with E-state index >= 15 is 0 Å². The van der Waals surface area contributed by atoms with Crippen LogP contribution in [0.25, 0.3) is 0 Å². The van der Waals surface area contributed by atoms with Crippen molar-refractivity contribution in [2.24, 2.45) is 0 Å². The third-order valence-electron chi connectivity index (χ3n) is 1.53. The standard InChI is InChI=1S/C8H10O3S/c1-7-3-5-8(6-4-7)12(9,10)11-2/h3-6H,1-2H3/i2+1. The second-order valence-electron chi connectivity index (χ2n) is 2.43. The Labute approximate surface area is 72.1 Å². The molecule has 0 atom stereocenters.